The standard InChI is InChI=1S/C8H6O7S.C6H16N2.C6H10O4.Na/c9-7(10)4-1-5(8(11)12)3-6(2-4)16(13,14)15;7-5-3-1-2-4-6-8;7-5(8)3-1-2-4-6(9)10;/h1-3H,(H,9,10)(H,11,12)(H,13,14,15);1-8H2;1-4H2,(H,7,8)(H,9,10);. The Bertz CT molecular complexity index is 854. The van der Waals surface area contributed by atoms with E-state index in [0.717, 1.165) is 32.0 Å². The third-order valence-corrected chi connectivity index (χ3v) is 4.72. The van der Waals surface area contributed by atoms with Crippen LogP contribution in [0.2, 0.25) is 0 Å². The molecule has 1 radical (unpaired) electrons. The summed E-state index contributed by atoms with van der Waals surface area (Å²) < 4.78 is 30.2. The van der Waals surface area contributed by atoms with Gasteiger partial charge in [-0.3, -0.25) is 14.1 Å². The molecule has 0 bridgehead atoms. The van der Waals surface area contributed by atoms with Crippen LogP contribution in [0.5, 0.6) is 0 Å². The number of carboxylic acid groups (broad SMARTS) is 4. The van der Waals surface area contributed by atoms with E-state index in [1.807, 2.05) is 0 Å². The molecule has 0 saturated heterocycles. The van der Waals surface area contributed by atoms with E-state index in [9.17, 15) is 27.6 Å². The maximum absolute atomic E-state index is 10.8. The Labute approximate surface area is 225 Å². The van der Waals surface area contributed by atoms with Gasteiger partial charge in [-0.05, 0) is 57.0 Å². The Hall–Kier alpha value is -2.07. The fourth-order valence-electron chi connectivity index (χ4n) is 2.19. The van der Waals surface area contributed by atoms with Crippen LogP contribution in [0.3, 0.4) is 0 Å². The number of unbranched alkanes of at least 4 members (excludes halogenated alkanes) is 4. The molecule has 0 saturated carbocycles. The molecule has 195 valence electrons. The predicted octanol–water partition coefficient (Wildman–Crippen LogP) is 1.13. The molecule has 15 heteroatoms. The number of hydrogen-bond donors (Lipinski definition) is 7. The number of rotatable bonds is 13. The van der Waals surface area contributed by atoms with Crippen LogP contribution in [0.1, 0.15) is 72.1 Å². The zero-order valence-electron chi connectivity index (χ0n) is 19.6. The molecule has 1 rings (SSSR count). The van der Waals surface area contributed by atoms with Crippen LogP contribution in [-0.4, -0.2) is 99.9 Å². The van der Waals surface area contributed by atoms with Crippen LogP contribution in [0.15, 0.2) is 23.1 Å². The smallest absolute Gasteiger partial charge is 0.335 e. The van der Waals surface area contributed by atoms with E-state index in [-0.39, 0.29) is 42.4 Å². The maximum Gasteiger partial charge on any atom is 0.335 e. The summed E-state index contributed by atoms with van der Waals surface area (Å²) in [6.45, 7) is 1.65. The van der Waals surface area contributed by atoms with E-state index >= 15 is 0 Å². The first-order chi connectivity index (χ1) is 15.8. The second-order valence-electron chi connectivity index (χ2n) is 6.82. The number of benzene rings is 1. The van der Waals surface area contributed by atoms with Crippen molar-refractivity contribution in [1.82, 2.24) is 0 Å². The summed E-state index contributed by atoms with van der Waals surface area (Å²) in [6, 6.07) is 2.13. The summed E-state index contributed by atoms with van der Waals surface area (Å²) in [6.07, 6.45) is 5.81. The molecule has 1 aromatic rings. The van der Waals surface area contributed by atoms with Crippen molar-refractivity contribution in [1.29, 1.82) is 0 Å². The second kappa shape index (κ2) is 21.2. The molecule has 0 aliphatic rings. The molecular weight excluding hydrogens is 499 g/mol. The van der Waals surface area contributed by atoms with Gasteiger partial charge >= 0.3 is 23.9 Å². The molecule has 13 nitrogen and oxygen atoms in total. The second-order valence-corrected chi connectivity index (χ2v) is 8.24. The summed E-state index contributed by atoms with van der Waals surface area (Å²) >= 11 is 0. The number of aromatic carboxylic acids is 2. The van der Waals surface area contributed by atoms with Crippen molar-refractivity contribution in [3.63, 3.8) is 0 Å². The first kappa shape index (κ1) is 37.5. The van der Waals surface area contributed by atoms with Crippen molar-refractivity contribution in [2.24, 2.45) is 11.5 Å². The van der Waals surface area contributed by atoms with Gasteiger partial charge in [0.1, 0.15) is 0 Å². The molecule has 9 N–H and O–H groups in total. The maximum atomic E-state index is 10.8. The number of carboxylic acids is 4. The molecule has 0 spiro atoms. The van der Waals surface area contributed by atoms with Crippen LogP contribution in [0, 0.1) is 0 Å². The fourth-order valence-corrected chi connectivity index (χ4v) is 2.74. The van der Waals surface area contributed by atoms with Crippen LogP contribution < -0.4 is 11.5 Å². The summed E-state index contributed by atoms with van der Waals surface area (Å²) in [5.74, 6) is -4.73. The molecule has 0 heterocycles. The number of carbonyl (C=O) groups is 4. The van der Waals surface area contributed by atoms with Gasteiger partial charge in [0.2, 0.25) is 0 Å². The molecular formula is C20H32N2NaO11S. The van der Waals surface area contributed by atoms with Gasteiger partial charge in [0.15, 0.2) is 0 Å². The van der Waals surface area contributed by atoms with Crippen LogP contribution in [-0.2, 0) is 19.7 Å². The first-order valence-corrected chi connectivity index (χ1v) is 11.6. The Morgan fingerprint density at radius 2 is 1.00 bits per heavy atom. The Balaban J connectivity index is -0.000000468. The van der Waals surface area contributed by atoms with Crippen molar-refractivity contribution >= 4 is 63.6 Å². The zero-order chi connectivity index (χ0) is 26.7. The van der Waals surface area contributed by atoms with Gasteiger partial charge in [-0.15, -0.1) is 0 Å². The van der Waals surface area contributed by atoms with E-state index in [0.29, 0.717) is 25.0 Å². The number of nitrogens with two attached hydrogens (primary N) is 2. The van der Waals surface area contributed by atoms with E-state index in [2.05, 4.69) is 0 Å². The largest absolute Gasteiger partial charge is 0.481 e. The van der Waals surface area contributed by atoms with Gasteiger partial charge in [0.25, 0.3) is 10.1 Å². The Morgan fingerprint density at radius 3 is 1.23 bits per heavy atom. The van der Waals surface area contributed by atoms with Crippen molar-refractivity contribution < 1.29 is 52.6 Å². The average molecular weight is 532 g/mol. The topological polar surface area (TPSA) is 256 Å². The van der Waals surface area contributed by atoms with Crippen molar-refractivity contribution in [3.05, 3.63) is 29.3 Å². The van der Waals surface area contributed by atoms with E-state index in [4.69, 9.17) is 36.4 Å². The molecule has 0 unspecified atom stereocenters. The predicted molar refractivity (Wildman–Crippen MR) is 126 cm³/mol. The average Bonchev–Trinajstić information content (AvgIpc) is 2.74. The third-order valence-electron chi connectivity index (χ3n) is 3.89. The van der Waals surface area contributed by atoms with E-state index in [1.54, 1.807) is 0 Å². The van der Waals surface area contributed by atoms with Gasteiger partial charge in [0, 0.05) is 42.4 Å². The fraction of sp³-hybridized carbons (Fsp3) is 0.500. The molecule has 1 aromatic carbocycles. The van der Waals surface area contributed by atoms with E-state index < -0.39 is 50.0 Å². The van der Waals surface area contributed by atoms with E-state index in [1.165, 1.54) is 12.8 Å². The van der Waals surface area contributed by atoms with Crippen LogP contribution in [0.4, 0.5) is 0 Å². The molecule has 0 fully saturated rings. The first-order valence-electron chi connectivity index (χ1n) is 10.2. The summed E-state index contributed by atoms with van der Waals surface area (Å²) in [5, 5.41) is 33.5. The summed E-state index contributed by atoms with van der Waals surface area (Å²) in [5.41, 5.74) is 9.49. The normalized spacial score (nSPS) is 9.91. The van der Waals surface area contributed by atoms with Gasteiger partial charge < -0.3 is 31.9 Å². The monoisotopic (exact) mass is 531 g/mol. The van der Waals surface area contributed by atoms with Crippen molar-refractivity contribution in [2.75, 3.05) is 13.1 Å². The number of hydrogen-bond acceptors (Lipinski definition) is 8. The van der Waals surface area contributed by atoms with Crippen LogP contribution >= 0.6 is 0 Å². The van der Waals surface area contributed by atoms with Gasteiger partial charge in [-0.2, -0.15) is 8.42 Å². The molecule has 35 heavy (non-hydrogen) atoms. The Morgan fingerprint density at radius 1 is 0.657 bits per heavy atom. The van der Waals surface area contributed by atoms with Gasteiger partial charge in [-0.25, -0.2) is 9.59 Å². The van der Waals surface area contributed by atoms with Crippen LogP contribution in [0.25, 0.3) is 0 Å². The minimum absolute atomic E-state index is 0. The molecule has 0 atom stereocenters. The quantitative estimate of drug-likeness (QED) is 0.107. The zero-order valence-corrected chi connectivity index (χ0v) is 22.4. The minimum atomic E-state index is -4.64. The van der Waals surface area contributed by atoms with Crippen molar-refractivity contribution in [3.8, 4) is 0 Å². The third kappa shape index (κ3) is 22.2. The Kier molecular flexibility index (Phi) is 22.7. The van der Waals surface area contributed by atoms with Crippen molar-refractivity contribution in [2.45, 2.75) is 56.3 Å². The number of aliphatic carboxylic acids is 2. The SMILES string of the molecule is NCCCCCCN.O=C(O)CCCCC(=O)O.O=C(O)c1cc(C(=O)O)cc(S(=O)(=O)O)c1.[Na]. The summed E-state index contributed by atoms with van der Waals surface area (Å²) in [4.78, 5) is 40.2. The molecule has 0 aliphatic heterocycles. The molecule has 0 aliphatic carbocycles. The van der Waals surface area contributed by atoms with Gasteiger partial charge in [0.05, 0.1) is 16.0 Å². The summed E-state index contributed by atoms with van der Waals surface area (Å²) in [7, 11) is -4.64. The van der Waals surface area contributed by atoms with Gasteiger partial charge in [-0.1, -0.05) is 12.8 Å². The molecule has 0 aromatic heterocycles. The minimum Gasteiger partial charge on any atom is -0.481 e. The molecule has 0 amide bonds.